The number of hydrogen-bond acceptors (Lipinski definition) is 5. The monoisotopic (exact) mass is 541 g/mol. The Morgan fingerprint density at radius 2 is 1.48 bits per heavy atom. The van der Waals surface area contributed by atoms with Gasteiger partial charge in [-0.1, -0.05) is 18.2 Å². The lowest BCUT2D eigenvalue weighted by molar-refractivity contribution is 0.296. The van der Waals surface area contributed by atoms with Crippen LogP contribution in [-0.4, -0.2) is 40.9 Å². The summed E-state index contributed by atoms with van der Waals surface area (Å²) in [5.74, 6) is 4.33. The molecule has 31 heavy (non-hydrogen) atoms. The van der Waals surface area contributed by atoms with Crippen molar-refractivity contribution in [2.24, 2.45) is 10.9 Å². The van der Waals surface area contributed by atoms with Crippen molar-refractivity contribution in [3.8, 4) is 23.0 Å². The second-order valence-electron chi connectivity index (χ2n) is 7.16. The summed E-state index contributed by atoms with van der Waals surface area (Å²) in [6.07, 6.45) is 2.55. The van der Waals surface area contributed by atoms with Crippen molar-refractivity contribution in [2.45, 2.75) is 25.9 Å². The Morgan fingerprint density at radius 3 is 2.10 bits per heavy atom. The molecule has 0 heterocycles. The van der Waals surface area contributed by atoms with Crippen LogP contribution >= 0.6 is 24.0 Å². The standard InChI is InChI=1S/C23H31N3O4.HI/c1-24-23(25-13-17-7-5-6-8-19(17)30-15-16-9-10-16)26-14-18-11-21(28-3)22(29-4)12-20(18)27-2;/h5-8,11-12,16H,9-10,13-15H2,1-4H3,(H2,24,25,26);1H. The van der Waals surface area contributed by atoms with E-state index in [-0.39, 0.29) is 24.0 Å². The normalized spacial score (nSPS) is 13.1. The van der Waals surface area contributed by atoms with Crippen LogP contribution in [0.4, 0.5) is 0 Å². The highest BCUT2D eigenvalue weighted by molar-refractivity contribution is 14.0. The quantitative estimate of drug-likeness (QED) is 0.270. The summed E-state index contributed by atoms with van der Waals surface area (Å²) in [5, 5.41) is 6.67. The molecule has 0 aromatic heterocycles. The zero-order valence-electron chi connectivity index (χ0n) is 18.6. The third kappa shape index (κ3) is 7.09. The maximum atomic E-state index is 5.99. The van der Waals surface area contributed by atoms with Gasteiger partial charge in [0.05, 0.1) is 27.9 Å². The molecule has 2 aromatic carbocycles. The summed E-state index contributed by atoms with van der Waals surface area (Å²) in [5.41, 5.74) is 2.04. The Balaban J connectivity index is 0.00000341. The Labute approximate surface area is 201 Å². The first-order valence-corrected chi connectivity index (χ1v) is 10.1. The van der Waals surface area contributed by atoms with Crippen LogP contribution in [-0.2, 0) is 13.1 Å². The van der Waals surface area contributed by atoms with Crippen LogP contribution in [0, 0.1) is 5.92 Å². The fourth-order valence-corrected chi connectivity index (χ4v) is 3.09. The number of nitrogens with one attached hydrogen (secondary N) is 2. The molecule has 0 amide bonds. The minimum Gasteiger partial charge on any atom is -0.496 e. The van der Waals surface area contributed by atoms with Crippen LogP contribution < -0.4 is 29.6 Å². The number of methoxy groups -OCH3 is 3. The molecule has 0 bridgehead atoms. The summed E-state index contributed by atoms with van der Waals surface area (Å²) in [6.45, 7) is 1.93. The van der Waals surface area contributed by atoms with Gasteiger partial charge >= 0.3 is 0 Å². The minimum atomic E-state index is 0. The van der Waals surface area contributed by atoms with Gasteiger partial charge in [0.15, 0.2) is 17.5 Å². The predicted molar refractivity (Wildman–Crippen MR) is 133 cm³/mol. The Morgan fingerprint density at radius 1 is 0.871 bits per heavy atom. The van der Waals surface area contributed by atoms with Crippen molar-refractivity contribution < 1.29 is 18.9 Å². The lowest BCUT2D eigenvalue weighted by Gasteiger charge is -2.17. The number of nitrogens with zero attached hydrogens (tertiary/aromatic N) is 1. The molecule has 2 N–H and O–H groups in total. The average molecular weight is 541 g/mol. The summed E-state index contributed by atoms with van der Waals surface area (Å²) >= 11 is 0. The highest BCUT2D eigenvalue weighted by atomic mass is 127. The second-order valence-corrected chi connectivity index (χ2v) is 7.16. The molecule has 0 aliphatic heterocycles. The first kappa shape index (κ1) is 24.9. The van der Waals surface area contributed by atoms with E-state index in [0.29, 0.717) is 30.5 Å². The van der Waals surface area contributed by atoms with Gasteiger partial charge in [0.25, 0.3) is 0 Å². The smallest absolute Gasteiger partial charge is 0.191 e. The van der Waals surface area contributed by atoms with E-state index in [1.807, 2.05) is 30.3 Å². The SMILES string of the molecule is CN=C(NCc1cc(OC)c(OC)cc1OC)NCc1ccccc1OCC1CC1.I. The molecule has 3 rings (SSSR count). The highest BCUT2D eigenvalue weighted by Gasteiger charge is 2.22. The van der Waals surface area contributed by atoms with Crippen molar-refractivity contribution in [3.63, 3.8) is 0 Å². The maximum Gasteiger partial charge on any atom is 0.191 e. The number of rotatable bonds is 10. The first-order chi connectivity index (χ1) is 14.7. The average Bonchev–Trinajstić information content (AvgIpc) is 3.62. The number of benzene rings is 2. The predicted octanol–water partition coefficient (Wildman–Crippen LogP) is 3.98. The molecule has 1 saturated carbocycles. The maximum absolute atomic E-state index is 5.99. The molecule has 8 heteroatoms. The molecule has 1 aliphatic rings. The third-order valence-corrected chi connectivity index (χ3v) is 5.05. The molecule has 0 unspecified atom stereocenters. The summed E-state index contributed by atoms with van der Waals surface area (Å²) in [6, 6.07) is 11.8. The van der Waals surface area contributed by atoms with Crippen LogP contribution in [0.2, 0.25) is 0 Å². The zero-order valence-corrected chi connectivity index (χ0v) is 20.9. The van der Waals surface area contributed by atoms with Crippen molar-refractivity contribution in [3.05, 3.63) is 47.5 Å². The fourth-order valence-electron chi connectivity index (χ4n) is 3.09. The van der Waals surface area contributed by atoms with Gasteiger partial charge < -0.3 is 29.6 Å². The van der Waals surface area contributed by atoms with E-state index in [1.165, 1.54) is 12.8 Å². The largest absolute Gasteiger partial charge is 0.496 e. The van der Waals surface area contributed by atoms with Gasteiger partial charge in [-0.15, -0.1) is 24.0 Å². The van der Waals surface area contributed by atoms with Crippen molar-refractivity contribution >= 4 is 29.9 Å². The van der Waals surface area contributed by atoms with Gasteiger partial charge in [0, 0.05) is 37.3 Å². The van der Waals surface area contributed by atoms with Gasteiger partial charge in [-0.05, 0) is 30.9 Å². The molecule has 170 valence electrons. The van der Waals surface area contributed by atoms with E-state index in [4.69, 9.17) is 18.9 Å². The minimum absolute atomic E-state index is 0. The van der Waals surface area contributed by atoms with Gasteiger partial charge in [0.1, 0.15) is 11.5 Å². The first-order valence-electron chi connectivity index (χ1n) is 10.1. The fraction of sp³-hybridized carbons (Fsp3) is 0.435. The van der Waals surface area contributed by atoms with Gasteiger partial charge in [0.2, 0.25) is 0 Å². The zero-order chi connectivity index (χ0) is 21.3. The molecule has 0 saturated heterocycles. The molecule has 1 fully saturated rings. The Kier molecular flexibility index (Phi) is 10.0. The molecule has 0 radical (unpaired) electrons. The number of halogens is 1. The number of para-hydroxylation sites is 1. The topological polar surface area (TPSA) is 73.3 Å². The van der Waals surface area contributed by atoms with Gasteiger partial charge in [-0.2, -0.15) is 0 Å². The van der Waals surface area contributed by atoms with Crippen molar-refractivity contribution in [2.75, 3.05) is 35.0 Å². The second kappa shape index (κ2) is 12.5. The van der Waals surface area contributed by atoms with E-state index >= 15 is 0 Å². The number of aliphatic imine (C=N–C) groups is 1. The van der Waals surface area contributed by atoms with Crippen LogP contribution in [0.15, 0.2) is 41.4 Å². The summed E-state index contributed by atoms with van der Waals surface area (Å²) in [4.78, 5) is 4.32. The lowest BCUT2D eigenvalue weighted by atomic mass is 10.1. The van der Waals surface area contributed by atoms with E-state index < -0.39 is 0 Å². The van der Waals surface area contributed by atoms with Crippen LogP contribution in [0.1, 0.15) is 24.0 Å². The molecule has 0 spiro atoms. The van der Waals surface area contributed by atoms with Crippen LogP contribution in [0.25, 0.3) is 0 Å². The molecular weight excluding hydrogens is 509 g/mol. The Hall–Kier alpha value is -2.36. The Bertz CT molecular complexity index is 872. The number of ether oxygens (including phenoxy) is 4. The number of hydrogen-bond donors (Lipinski definition) is 2. The van der Waals surface area contributed by atoms with Gasteiger partial charge in [-0.3, -0.25) is 4.99 Å². The third-order valence-electron chi connectivity index (χ3n) is 5.05. The van der Waals surface area contributed by atoms with Crippen LogP contribution in [0.5, 0.6) is 23.0 Å². The summed E-state index contributed by atoms with van der Waals surface area (Å²) in [7, 11) is 6.60. The van der Waals surface area contributed by atoms with E-state index in [2.05, 4.69) is 21.7 Å². The van der Waals surface area contributed by atoms with E-state index in [0.717, 1.165) is 35.2 Å². The molecule has 0 atom stereocenters. The van der Waals surface area contributed by atoms with Gasteiger partial charge in [-0.25, -0.2) is 0 Å². The van der Waals surface area contributed by atoms with E-state index in [9.17, 15) is 0 Å². The summed E-state index contributed by atoms with van der Waals surface area (Å²) < 4.78 is 22.2. The number of guanidine groups is 1. The molecule has 7 nitrogen and oxygen atoms in total. The molecular formula is C23H32IN3O4. The van der Waals surface area contributed by atoms with Crippen molar-refractivity contribution in [1.29, 1.82) is 0 Å². The lowest BCUT2D eigenvalue weighted by Crippen LogP contribution is -2.36. The van der Waals surface area contributed by atoms with E-state index in [1.54, 1.807) is 28.4 Å². The highest BCUT2D eigenvalue weighted by Crippen LogP contribution is 2.34. The van der Waals surface area contributed by atoms with Crippen LogP contribution in [0.3, 0.4) is 0 Å². The molecule has 1 aliphatic carbocycles. The molecule has 2 aromatic rings. The van der Waals surface area contributed by atoms with Crippen molar-refractivity contribution in [1.82, 2.24) is 10.6 Å².